The summed E-state index contributed by atoms with van der Waals surface area (Å²) in [5.74, 6) is 0.871. The van der Waals surface area contributed by atoms with Crippen LogP contribution in [0.5, 0.6) is 0 Å². The fourth-order valence-corrected chi connectivity index (χ4v) is 3.07. The van der Waals surface area contributed by atoms with Gasteiger partial charge in [0, 0.05) is 12.8 Å². The molecule has 1 aliphatic carbocycles. The molecule has 0 aromatic heterocycles. The van der Waals surface area contributed by atoms with Crippen LogP contribution in [0, 0.1) is 5.92 Å². The van der Waals surface area contributed by atoms with Gasteiger partial charge in [-0.2, -0.15) is 0 Å². The Labute approximate surface area is 118 Å². The molecule has 18 heavy (non-hydrogen) atoms. The van der Waals surface area contributed by atoms with E-state index in [2.05, 4.69) is 0 Å². The van der Waals surface area contributed by atoms with E-state index in [0.29, 0.717) is 28.8 Å². The summed E-state index contributed by atoms with van der Waals surface area (Å²) in [6.07, 6.45) is 7.39. The first-order valence-corrected chi connectivity index (χ1v) is 7.37. The lowest BCUT2D eigenvalue weighted by atomic mass is 9.85. The van der Waals surface area contributed by atoms with E-state index in [4.69, 9.17) is 23.2 Å². The van der Waals surface area contributed by atoms with Gasteiger partial charge in [-0.05, 0) is 17.5 Å². The van der Waals surface area contributed by atoms with Gasteiger partial charge >= 0.3 is 0 Å². The zero-order valence-corrected chi connectivity index (χ0v) is 11.9. The van der Waals surface area contributed by atoms with Gasteiger partial charge in [-0.25, -0.2) is 0 Å². The van der Waals surface area contributed by atoms with E-state index < -0.39 is 0 Å². The highest BCUT2D eigenvalue weighted by molar-refractivity contribution is 6.42. The van der Waals surface area contributed by atoms with Gasteiger partial charge in [0.2, 0.25) is 0 Å². The van der Waals surface area contributed by atoms with Gasteiger partial charge in [0.15, 0.2) is 0 Å². The van der Waals surface area contributed by atoms with Crippen LogP contribution in [0.25, 0.3) is 0 Å². The SMILES string of the molecule is O=C(Cc1cccc(Cl)c1Cl)CC1CCCCC1. The Balaban J connectivity index is 1.92. The average Bonchev–Trinajstić information content (AvgIpc) is 2.36. The topological polar surface area (TPSA) is 17.1 Å². The molecule has 1 fully saturated rings. The van der Waals surface area contributed by atoms with Crippen LogP contribution in [-0.2, 0) is 11.2 Å². The van der Waals surface area contributed by atoms with Crippen LogP contribution in [0.4, 0.5) is 0 Å². The van der Waals surface area contributed by atoms with Crippen molar-refractivity contribution < 1.29 is 4.79 Å². The fraction of sp³-hybridized carbons (Fsp3) is 0.533. The predicted molar refractivity (Wildman–Crippen MR) is 76.4 cm³/mol. The molecule has 0 aliphatic heterocycles. The Kier molecular flexibility index (Phi) is 5.08. The molecular formula is C15H18Cl2O. The highest BCUT2D eigenvalue weighted by atomic mass is 35.5. The zero-order valence-electron chi connectivity index (χ0n) is 10.4. The molecule has 3 heteroatoms. The largest absolute Gasteiger partial charge is 0.299 e. The second-order valence-corrected chi connectivity index (χ2v) is 5.92. The monoisotopic (exact) mass is 284 g/mol. The molecule has 1 aromatic rings. The Hall–Kier alpha value is -0.530. The van der Waals surface area contributed by atoms with Gasteiger partial charge in [-0.3, -0.25) is 4.79 Å². The van der Waals surface area contributed by atoms with Crippen LogP contribution in [-0.4, -0.2) is 5.78 Å². The fourth-order valence-electron chi connectivity index (χ4n) is 2.68. The van der Waals surface area contributed by atoms with E-state index in [1.54, 1.807) is 6.07 Å². The standard InChI is InChI=1S/C15H18Cl2O/c16-14-8-4-7-12(15(14)17)10-13(18)9-11-5-2-1-3-6-11/h4,7-8,11H,1-3,5-6,9-10H2. The normalized spacial score (nSPS) is 16.8. The number of ketones is 1. The van der Waals surface area contributed by atoms with Crippen molar-refractivity contribution >= 4 is 29.0 Å². The van der Waals surface area contributed by atoms with Crippen molar-refractivity contribution in [2.24, 2.45) is 5.92 Å². The molecule has 1 nitrogen and oxygen atoms in total. The molecule has 1 aliphatic rings. The molecule has 0 radical (unpaired) electrons. The van der Waals surface area contributed by atoms with Crippen LogP contribution in [0.1, 0.15) is 44.1 Å². The summed E-state index contributed by atoms with van der Waals surface area (Å²) in [6.45, 7) is 0. The summed E-state index contributed by atoms with van der Waals surface area (Å²) in [5.41, 5.74) is 0.852. The van der Waals surface area contributed by atoms with Crippen molar-refractivity contribution in [3.05, 3.63) is 33.8 Å². The zero-order chi connectivity index (χ0) is 13.0. The Morgan fingerprint density at radius 3 is 2.61 bits per heavy atom. The number of hydrogen-bond donors (Lipinski definition) is 0. The first kappa shape index (κ1) is 13.9. The van der Waals surface area contributed by atoms with Crippen LogP contribution >= 0.6 is 23.2 Å². The van der Waals surface area contributed by atoms with Crippen molar-refractivity contribution in [2.45, 2.75) is 44.9 Å². The lowest BCUT2D eigenvalue weighted by molar-refractivity contribution is -0.119. The molecule has 1 saturated carbocycles. The minimum Gasteiger partial charge on any atom is -0.299 e. The summed E-state index contributed by atoms with van der Waals surface area (Å²) in [4.78, 5) is 12.0. The molecule has 0 unspecified atom stereocenters. The molecule has 0 bridgehead atoms. The highest BCUT2D eigenvalue weighted by Gasteiger charge is 2.18. The van der Waals surface area contributed by atoms with Crippen molar-refractivity contribution in [1.29, 1.82) is 0 Å². The van der Waals surface area contributed by atoms with Crippen LogP contribution in [0.15, 0.2) is 18.2 Å². The first-order valence-electron chi connectivity index (χ1n) is 6.61. The summed E-state index contributed by atoms with van der Waals surface area (Å²) < 4.78 is 0. The van der Waals surface area contributed by atoms with Crippen molar-refractivity contribution in [3.63, 3.8) is 0 Å². The van der Waals surface area contributed by atoms with Crippen LogP contribution in [0.3, 0.4) is 0 Å². The van der Waals surface area contributed by atoms with Gasteiger partial charge in [-0.1, -0.05) is 67.4 Å². The summed E-state index contributed by atoms with van der Waals surface area (Å²) in [5, 5.41) is 1.05. The number of Topliss-reactive ketones (excluding diaryl/α,β-unsaturated/α-hetero) is 1. The molecule has 0 spiro atoms. The third-order valence-electron chi connectivity index (χ3n) is 3.66. The quantitative estimate of drug-likeness (QED) is 0.754. The smallest absolute Gasteiger partial charge is 0.137 e. The number of carbonyl (C=O) groups is 1. The third-order valence-corrected chi connectivity index (χ3v) is 4.52. The van der Waals surface area contributed by atoms with Crippen molar-refractivity contribution in [1.82, 2.24) is 0 Å². The lowest BCUT2D eigenvalue weighted by Crippen LogP contribution is -2.13. The minimum atomic E-state index is 0.283. The summed E-state index contributed by atoms with van der Waals surface area (Å²) in [6, 6.07) is 5.48. The third kappa shape index (κ3) is 3.73. The molecule has 0 atom stereocenters. The van der Waals surface area contributed by atoms with Gasteiger partial charge in [0.25, 0.3) is 0 Å². The first-order chi connectivity index (χ1) is 8.66. The molecule has 98 valence electrons. The highest BCUT2D eigenvalue weighted by Crippen LogP contribution is 2.29. The lowest BCUT2D eigenvalue weighted by Gasteiger charge is -2.20. The minimum absolute atomic E-state index is 0.283. The van der Waals surface area contributed by atoms with Gasteiger partial charge in [0.1, 0.15) is 5.78 Å². The maximum atomic E-state index is 12.0. The van der Waals surface area contributed by atoms with Crippen molar-refractivity contribution in [2.75, 3.05) is 0 Å². The second-order valence-electron chi connectivity index (χ2n) is 5.14. The van der Waals surface area contributed by atoms with E-state index in [0.717, 1.165) is 5.56 Å². The van der Waals surface area contributed by atoms with Gasteiger partial charge in [-0.15, -0.1) is 0 Å². The van der Waals surface area contributed by atoms with E-state index in [-0.39, 0.29) is 5.78 Å². The Morgan fingerprint density at radius 2 is 1.89 bits per heavy atom. The Morgan fingerprint density at radius 1 is 1.17 bits per heavy atom. The number of carbonyl (C=O) groups excluding carboxylic acids is 1. The van der Waals surface area contributed by atoms with E-state index in [1.165, 1.54) is 32.1 Å². The molecule has 1 aromatic carbocycles. The molecule has 2 rings (SSSR count). The molecule has 0 saturated heterocycles. The number of benzene rings is 1. The summed E-state index contributed by atoms with van der Waals surface area (Å²) in [7, 11) is 0. The van der Waals surface area contributed by atoms with Gasteiger partial charge < -0.3 is 0 Å². The van der Waals surface area contributed by atoms with Crippen LogP contribution in [0.2, 0.25) is 10.0 Å². The van der Waals surface area contributed by atoms with E-state index in [9.17, 15) is 4.79 Å². The Bertz CT molecular complexity index is 423. The van der Waals surface area contributed by atoms with Crippen LogP contribution < -0.4 is 0 Å². The average molecular weight is 285 g/mol. The number of rotatable bonds is 4. The molecule has 0 amide bonds. The van der Waals surface area contributed by atoms with E-state index in [1.807, 2.05) is 12.1 Å². The van der Waals surface area contributed by atoms with E-state index >= 15 is 0 Å². The number of halogens is 2. The predicted octanol–water partition coefficient (Wildman–Crippen LogP) is 5.08. The second kappa shape index (κ2) is 6.58. The van der Waals surface area contributed by atoms with Gasteiger partial charge in [0.05, 0.1) is 10.0 Å². The molecule has 0 heterocycles. The summed E-state index contributed by atoms with van der Waals surface area (Å²) >= 11 is 12.0. The maximum absolute atomic E-state index is 12.0. The number of hydrogen-bond acceptors (Lipinski definition) is 1. The molecular weight excluding hydrogens is 267 g/mol. The molecule has 0 N–H and O–H groups in total. The van der Waals surface area contributed by atoms with Crippen molar-refractivity contribution in [3.8, 4) is 0 Å². The maximum Gasteiger partial charge on any atom is 0.137 e.